The molecule has 2 aromatic rings. The largest absolute Gasteiger partial charge is 0.486 e. The van der Waals surface area contributed by atoms with Crippen LogP contribution in [-0.2, 0) is 0 Å². The summed E-state index contributed by atoms with van der Waals surface area (Å²) in [6, 6.07) is 8.35. The number of halogens is 1. The molecule has 1 aliphatic rings. The van der Waals surface area contributed by atoms with Crippen LogP contribution in [0.1, 0.15) is 16.5 Å². The molecule has 1 N–H and O–H groups in total. The molecule has 0 amide bonds. The van der Waals surface area contributed by atoms with Crippen molar-refractivity contribution < 1.29 is 9.47 Å². The first-order chi connectivity index (χ1) is 9.29. The molecule has 1 aromatic heterocycles. The van der Waals surface area contributed by atoms with E-state index in [4.69, 9.17) is 9.47 Å². The summed E-state index contributed by atoms with van der Waals surface area (Å²) in [5.74, 6) is 1.66. The van der Waals surface area contributed by atoms with E-state index in [9.17, 15) is 0 Å². The Bertz CT molecular complexity index is 585. The van der Waals surface area contributed by atoms with Gasteiger partial charge in [0.1, 0.15) is 13.2 Å². The molecule has 0 saturated carbocycles. The SMILES string of the molecule is CNC(c1ccc2c(c1)OCCO2)c1sccc1Br. The Balaban J connectivity index is 1.98. The van der Waals surface area contributed by atoms with E-state index in [1.54, 1.807) is 11.3 Å². The van der Waals surface area contributed by atoms with E-state index in [0.29, 0.717) is 13.2 Å². The first kappa shape index (κ1) is 13.0. The van der Waals surface area contributed by atoms with Crippen molar-refractivity contribution in [3.63, 3.8) is 0 Å². The lowest BCUT2D eigenvalue weighted by atomic mass is 10.0. The average molecular weight is 340 g/mol. The fourth-order valence-electron chi connectivity index (χ4n) is 2.20. The van der Waals surface area contributed by atoms with Crippen molar-refractivity contribution in [3.05, 3.63) is 44.6 Å². The van der Waals surface area contributed by atoms with Gasteiger partial charge in [-0.3, -0.25) is 0 Å². The molecule has 5 heteroatoms. The van der Waals surface area contributed by atoms with Crippen LogP contribution in [0.4, 0.5) is 0 Å². The third-order valence-electron chi connectivity index (χ3n) is 3.10. The van der Waals surface area contributed by atoms with Gasteiger partial charge in [0, 0.05) is 9.35 Å². The number of hydrogen-bond acceptors (Lipinski definition) is 4. The van der Waals surface area contributed by atoms with Crippen molar-refractivity contribution in [2.75, 3.05) is 20.3 Å². The Hall–Kier alpha value is -1.04. The van der Waals surface area contributed by atoms with Gasteiger partial charge in [-0.25, -0.2) is 0 Å². The number of fused-ring (bicyclic) bond motifs is 1. The van der Waals surface area contributed by atoms with E-state index in [1.165, 1.54) is 10.4 Å². The molecule has 1 atom stereocenters. The maximum Gasteiger partial charge on any atom is 0.161 e. The third kappa shape index (κ3) is 2.50. The van der Waals surface area contributed by atoms with E-state index >= 15 is 0 Å². The first-order valence-corrected chi connectivity index (χ1v) is 7.76. The minimum absolute atomic E-state index is 0.158. The van der Waals surface area contributed by atoms with Gasteiger partial charge in [-0.05, 0) is 52.1 Å². The fourth-order valence-corrected chi connectivity index (χ4v) is 3.94. The van der Waals surface area contributed by atoms with Crippen molar-refractivity contribution in [3.8, 4) is 11.5 Å². The smallest absolute Gasteiger partial charge is 0.161 e. The summed E-state index contributed by atoms with van der Waals surface area (Å²) >= 11 is 5.33. The molecule has 3 nitrogen and oxygen atoms in total. The lowest BCUT2D eigenvalue weighted by Gasteiger charge is -2.21. The quantitative estimate of drug-likeness (QED) is 0.926. The normalized spacial score (nSPS) is 15.3. The molecule has 2 heterocycles. The van der Waals surface area contributed by atoms with Crippen LogP contribution in [-0.4, -0.2) is 20.3 Å². The fraction of sp³-hybridized carbons (Fsp3) is 0.286. The Morgan fingerprint density at radius 1 is 1.21 bits per heavy atom. The number of nitrogens with one attached hydrogen (secondary N) is 1. The maximum absolute atomic E-state index is 5.65. The molecule has 0 radical (unpaired) electrons. The Kier molecular flexibility index (Phi) is 3.77. The highest BCUT2D eigenvalue weighted by Crippen LogP contribution is 2.37. The van der Waals surface area contributed by atoms with Crippen molar-refractivity contribution >= 4 is 27.3 Å². The summed E-state index contributed by atoms with van der Waals surface area (Å²) in [5.41, 5.74) is 1.18. The summed E-state index contributed by atoms with van der Waals surface area (Å²) < 4.78 is 12.3. The van der Waals surface area contributed by atoms with Crippen LogP contribution < -0.4 is 14.8 Å². The number of hydrogen-bond donors (Lipinski definition) is 1. The Labute approximate surface area is 124 Å². The molecule has 0 aliphatic carbocycles. The summed E-state index contributed by atoms with van der Waals surface area (Å²) in [5, 5.41) is 5.44. The second-order valence-electron chi connectivity index (χ2n) is 4.26. The van der Waals surface area contributed by atoms with Gasteiger partial charge in [0.25, 0.3) is 0 Å². The monoisotopic (exact) mass is 339 g/mol. The summed E-state index contributed by atoms with van der Waals surface area (Å²) in [6.07, 6.45) is 0. The molecule has 0 spiro atoms. The predicted octanol–water partition coefficient (Wildman–Crippen LogP) is 3.59. The average Bonchev–Trinajstić information content (AvgIpc) is 2.86. The Morgan fingerprint density at radius 2 is 2.00 bits per heavy atom. The minimum atomic E-state index is 0.158. The van der Waals surface area contributed by atoms with Gasteiger partial charge < -0.3 is 14.8 Å². The summed E-state index contributed by atoms with van der Waals surface area (Å²) in [4.78, 5) is 1.26. The van der Waals surface area contributed by atoms with Gasteiger partial charge in [0.05, 0.1) is 6.04 Å². The van der Waals surface area contributed by atoms with Crippen molar-refractivity contribution in [1.29, 1.82) is 0 Å². The van der Waals surface area contributed by atoms with E-state index in [0.717, 1.165) is 16.0 Å². The van der Waals surface area contributed by atoms with Gasteiger partial charge in [-0.2, -0.15) is 0 Å². The highest BCUT2D eigenvalue weighted by atomic mass is 79.9. The van der Waals surface area contributed by atoms with E-state index < -0.39 is 0 Å². The molecule has 3 rings (SSSR count). The number of thiophene rings is 1. The lowest BCUT2D eigenvalue weighted by molar-refractivity contribution is 0.171. The third-order valence-corrected chi connectivity index (χ3v) is 5.03. The molecule has 1 aromatic carbocycles. The second kappa shape index (κ2) is 5.53. The maximum atomic E-state index is 5.65. The number of rotatable bonds is 3. The lowest BCUT2D eigenvalue weighted by Crippen LogP contribution is -2.19. The van der Waals surface area contributed by atoms with Crippen molar-refractivity contribution in [2.45, 2.75) is 6.04 Å². The van der Waals surface area contributed by atoms with Crippen molar-refractivity contribution in [1.82, 2.24) is 5.32 Å². The van der Waals surface area contributed by atoms with E-state index in [1.807, 2.05) is 13.1 Å². The van der Waals surface area contributed by atoms with E-state index in [2.05, 4.69) is 44.8 Å². The zero-order valence-electron chi connectivity index (χ0n) is 10.5. The van der Waals surface area contributed by atoms with Gasteiger partial charge in [-0.1, -0.05) is 6.07 Å². The highest BCUT2D eigenvalue weighted by molar-refractivity contribution is 9.10. The van der Waals surface area contributed by atoms with Crippen LogP contribution in [0.25, 0.3) is 0 Å². The van der Waals surface area contributed by atoms with Crippen LogP contribution in [0.3, 0.4) is 0 Å². The van der Waals surface area contributed by atoms with Crippen LogP contribution in [0, 0.1) is 0 Å². The topological polar surface area (TPSA) is 30.5 Å². The molecule has 0 saturated heterocycles. The van der Waals surface area contributed by atoms with Gasteiger partial charge in [0.2, 0.25) is 0 Å². The minimum Gasteiger partial charge on any atom is -0.486 e. The van der Waals surface area contributed by atoms with Gasteiger partial charge in [0.15, 0.2) is 11.5 Å². The summed E-state index contributed by atoms with van der Waals surface area (Å²) in [6.45, 7) is 1.24. The standard InChI is InChI=1S/C14H14BrNO2S/c1-16-13(14-10(15)4-7-19-14)9-2-3-11-12(8-9)18-6-5-17-11/h2-4,7-8,13,16H,5-6H2,1H3. The van der Waals surface area contributed by atoms with Crippen LogP contribution in [0.15, 0.2) is 34.1 Å². The zero-order valence-corrected chi connectivity index (χ0v) is 12.9. The molecular formula is C14H14BrNO2S. The Morgan fingerprint density at radius 3 is 2.68 bits per heavy atom. The number of benzene rings is 1. The molecule has 1 aliphatic heterocycles. The molecule has 0 fully saturated rings. The molecule has 1 unspecified atom stereocenters. The number of ether oxygens (including phenoxy) is 2. The predicted molar refractivity (Wildman–Crippen MR) is 80.4 cm³/mol. The molecule has 100 valence electrons. The van der Waals surface area contributed by atoms with Crippen LogP contribution in [0.2, 0.25) is 0 Å². The molecule has 0 bridgehead atoms. The molecular weight excluding hydrogens is 326 g/mol. The van der Waals surface area contributed by atoms with E-state index in [-0.39, 0.29) is 6.04 Å². The van der Waals surface area contributed by atoms with Gasteiger partial charge >= 0.3 is 0 Å². The molecule has 19 heavy (non-hydrogen) atoms. The van der Waals surface area contributed by atoms with Crippen LogP contribution in [0.5, 0.6) is 11.5 Å². The second-order valence-corrected chi connectivity index (χ2v) is 6.06. The van der Waals surface area contributed by atoms with Crippen molar-refractivity contribution in [2.24, 2.45) is 0 Å². The zero-order chi connectivity index (χ0) is 13.2. The van der Waals surface area contributed by atoms with Gasteiger partial charge in [-0.15, -0.1) is 11.3 Å². The first-order valence-electron chi connectivity index (χ1n) is 6.09. The highest BCUT2D eigenvalue weighted by Gasteiger charge is 2.19. The van der Waals surface area contributed by atoms with Crippen LogP contribution >= 0.6 is 27.3 Å². The summed E-state index contributed by atoms with van der Waals surface area (Å²) in [7, 11) is 1.97.